The van der Waals surface area contributed by atoms with Gasteiger partial charge < -0.3 is 9.47 Å². The zero-order valence-corrected chi connectivity index (χ0v) is 19.3. The first-order valence-corrected chi connectivity index (χ1v) is 11.0. The third-order valence-corrected chi connectivity index (χ3v) is 5.50. The summed E-state index contributed by atoms with van der Waals surface area (Å²) in [5.74, 6) is 0.122. The molecule has 0 N–H and O–H groups in total. The van der Waals surface area contributed by atoms with Gasteiger partial charge in [0.1, 0.15) is 40.4 Å². The van der Waals surface area contributed by atoms with Crippen molar-refractivity contribution in [3.05, 3.63) is 95.2 Å². The normalized spacial score (nSPS) is 10.9. The molecule has 0 amide bonds. The molecule has 0 saturated carbocycles. The van der Waals surface area contributed by atoms with E-state index in [2.05, 4.69) is 4.98 Å². The lowest BCUT2D eigenvalue weighted by atomic mass is 10.0. The highest BCUT2D eigenvalue weighted by Gasteiger charge is 2.14. The molecule has 1 heterocycles. The third-order valence-electron chi connectivity index (χ3n) is 5.50. The molecule has 3 aromatic carbocycles. The van der Waals surface area contributed by atoms with Crippen molar-refractivity contribution in [3.8, 4) is 17.2 Å². The van der Waals surface area contributed by atoms with Gasteiger partial charge >= 0.3 is 0 Å². The summed E-state index contributed by atoms with van der Waals surface area (Å²) in [6, 6.07) is 15.2. The van der Waals surface area contributed by atoms with Gasteiger partial charge in [0.25, 0.3) is 0 Å². The van der Waals surface area contributed by atoms with Crippen molar-refractivity contribution in [1.82, 2.24) is 4.98 Å². The summed E-state index contributed by atoms with van der Waals surface area (Å²) in [5.41, 5.74) is 2.22. The van der Waals surface area contributed by atoms with Gasteiger partial charge in [0, 0.05) is 48.5 Å². The van der Waals surface area contributed by atoms with Crippen molar-refractivity contribution in [2.45, 2.75) is 26.2 Å². The number of ether oxygens (including phenoxy) is 2. The Bertz CT molecular complexity index is 1400. The number of methoxy groups -OCH3 is 1. The van der Waals surface area contributed by atoms with Crippen LogP contribution in [0.2, 0.25) is 0 Å². The molecule has 0 atom stereocenters. The molecule has 4 rings (SSSR count). The molecule has 0 aliphatic carbocycles. The van der Waals surface area contributed by atoms with E-state index in [1.165, 1.54) is 50.4 Å². The summed E-state index contributed by atoms with van der Waals surface area (Å²) in [6.45, 7) is 1.50. The van der Waals surface area contributed by atoms with Gasteiger partial charge in [0.05, 0.1) is 12.6 Å². The number of pyridine rings is 1. The molecule has 0 bridgehead atoms. The predicted octanol–water partition coefficient (Wildman–Crippen LogP) is 5.80. The minimum Gasteiger partial charge on any atom is -0.496 e. The first kappa shape index (κ1) is 24.0. The topological polar surface area (TPSA) is 65.5 Å². The molecule has 5 nitrogen and oxygen atoms in total. The molecule has 0 spiro atoms. The summed E-state index contributed by atoms with van der Waals surface area (Å²) in [7, 11) is 1.53. The van der Waals surface area contributed by atoms with E-state index in [-0.39, 0.29) is 48.0 Å². The van der Waals surface area contributed by atoms with Crippen molar-refractivity contribution in [2.75, 3.05) is 7.11 Å². The van der Waals surface area contributed by atoms with Crippen molar-refractivity contribution in [3.63, 3.8) is 0 Å². The van der Waals surface area contributed by atoms with Crippen molar-refractivity contribution >= 4 is 22.5 Å². The van der Waals surface area contributed by atoms with Crippen molar-refractivity contribution in [2.24, 2.45) is 0 Å². The van der Waals surface area contributed by atoms with Crippen LogP contribution in [-0.2, 0) is 28.9 Å². The maximum absolute atomic E-state index is 14.8. The second-order valence-electron chi connectivity index (χ2n) is 8.24. The van der Waals surface area contributed by atoms with Gasteiger partial charge in [-0.25, -0.2) is 8.78 Å². The van der Waals surface area contributed by atoms with E-state index in [1.807, 2.05) is 0 Å². The molecule has 178 valence electrons. The smallest absolute Gasteiger partial charge is 0.141 e. The van der Waals surface area contributed by atoms with Gasteiger partial charge in [0.2, 0.25) is 0 Å². The van der Waals surface area contributed by atoms with Crippen LogP contribution in [0.25, 0.3) is 10.9 Å². The van der Waals surface area contributed by atoms with Crippen LogP contribution in [-0.4, -0.2) is 23.7 Å². The van der Waals surface area contributed by atoms with E-state index in [4.69, 9.17) is 9.47 Å². The minimum absolute atomic E-state index is 0.0133. The first-order valence-electron chi connectivity index (χ1n) is 11.0. The van der Waals surface area contributed by atoms with Crippen LogP contribution in [0.3, 0.4) is 0 Å². The monoisotopic (exact) mass is 475 g/mol. The standard InChI is InChI=1S/C28H23F2NO4/c1-17(32)11-20-14-24-26(16-28(20)34-2)31-10-9-27(24)35-23-8-5-19(25(30)15-23)13-22(33)12-18-3-6-21(29)7-4-18/h3-10,14-16H,11-13H2,1-2H3. The Hall–Kier alpha value is -4.13. The Balaban J connectivity index is 1.54. The highest BCUT2D eigenvalue weighted by atomic mass is 19.1. The number of rotatable bonds is 9. The van der Waals surface area contributed by atoms with E-state index in [1.54, 1.807) is 30.5 Å². The molecule has 7 heteroatoms. The predicted molar refractivity (Wildman–Crippen MR) is 128 cm³/mol. The molecular weight excluding hydrogens is 452 g/mol. The zero-order chi connectivity index (χ0) is 24.9. The molecule has 35 heavy (non-hydrogen) atoms. The SMILES string of the molecule is COc1cc2nccc(Oc3ccc(CC(=O)Cc4ccc(F)cc4)c(F)c3)c2cc1CC(C)=O. The number of nitrogens with zero attached hydrogens (tertiary/aromatic N) is 1. The van der Waals surface area contributed by atoms with Crippen LogP contribution in [0.15, 0.2) is 66.9 Å². The Kier molecular flexibility index (Phi) is 7.15. The fourth-order valence-corrected chi connectivity index (χ4v) is 3.85. The van der Waals surface area contributed by atoms with Crippen molar-refractivity contribution in [1.29, 1.82) is 0 Å². The minimum atomic E-state index is -0.563. The number of carbonyl (C=O) groups is 2. The number of carbonyl (C=O) groups excluding carboxylic acids is 2. The number of hydrogen-bond donors (Lipinski definition) is 0. The summed E-state index contributed by atoms with van der Waals surface area (Å²) in [5, 5.41) is 0.656. The molecule has 0 aliphatic heterocycles. The van der Waals surface area contributed by atoms with Crippen LogP contribution < -0.4 is 9.47 Å². The molecular formula is C28H23F2NO4. The molecule has 0 aliphatic rings. The van der Waals surface area contributed by atoms with Gasteiger partial charge in [0.15, 0.2) is 0 Å². The fourth-order valence-electron chi connectivity index (χ4n) is 3.85. The fraction of sp³-hybridized carbons (Fsp3) is 0.179. The van der Waals surface area contributed by atoms with Gasteiger partial charge in [-0.05, 0) is 48.4 Å². The number of benzene rings is 3. The van der Waals surface area contributed by atoms with Crippen LogP contribution in [0, 0.1) is 11.6 Å². The van der Waals surface area contributed by atoms with E-state index < -0.39 is 5.82 Å². The maximum Gasteiger partial charge on any atom is 0.141 e. The third kappa shape index (κ3) is 5.87. The van der Waals surface area contributed by atoms with E-state index in [0.29, 0.717) is 33.5 Å². The Morgan fingerprint density at radius 2 is 1.63 bits per heavy atom. The van der Waals surface area contributed by atoms with Gasteiger partial charge in [-0.15, -0.1) is 0 Å². The van der Waals surface area contributed by atoms with Crippen LogP contribution in [0.1, 0.15) is 23.6 Å². The largest absolute Gasteiger partial charge is 0.496 e. The van der Waals surface area contributed by atoms with Gasteiger partial charge in [-0.2, -0.15) is 0 Å². The Labute approximate surface area is 201 Å². The number of aromatic nitrogens is 1. The summed E-state index contributed by atoms with van der Waals surface area (Å²) in [6.07, 6.45) is 1.77. The number of Topliss-reactive ketones (excluding diaryl/α,β-unsaturated/α-hetero) is 2. The van der Waals surface area contributed by atoms with Crippen LogP contribution in [0.5, 0.6) is 17.2 Å². The van der Waals surface area contributed by atoms with Crippen LogP contribution in [0.4, 0.5) is 8.78 Å². The number of hydrogen-bond acceptors (Lipinski definition) is 5. The first-order chi connectivity index (χ1) is 16.8. The maximum atomic E-state index is 14.8. The quantitative estimate of drug-likeness (QED) is 0.306. The number of ketones is 2. The molecule has 0 radical (unpaired) electrons. The Morgan fingerprint density at radius 1 is 0.857 bits per heavy atom. The lowest BCUT2D eigenvalue weighted by Crippen LogP contribution is -2.08. The summed E-state index contributed by atoms with van der Waals surface area (Å²) < 4.78 is 39.2. The second kappa shape index (κ2) is 10.4. The van der Waals surface area contributed by atoms with Crippen LogP contribution >= 0.6 is 0 Å². The summed E-state index contributed by atoms with van der Waals surface area (Å²) in [4.78, 5) is 28.4. The molecule has 0 saturated heterocycles. The number of fused-ring (bicyclic) bond motifs is 1. The molecule has 0 fully saturated rings. The molecule has 1 aromatic heterocycles. The average molecular weight is 475 g/mol. The van der Waals surface area contributed by atoms with Gasteiger partial charge in [-0.1, -0.05) is 18.2 Å². The van der Waals surface area contributed by atoms with E-state index in [9.17, 15) is 18.4 Å². The van der Waals surface area contributed by atoms with Crippen molar-refractivity contribution < 1.29 is 27.8 Å². The highest BCUT2D eigenvalue weighted by Crippen LogP contribution is 2.34. The lowest BCUT2D eigenvalue weighted by molar-refractivity contribution is -0.118. The summed E-state index contributed by atoms with van der Waals surface area (Å²) >= 11 is 0. The Morgan fingerprint density at radius 3 is 2.31 bits per heavy atom. The van der Waals surface area contributed by atoms with E-state index in [0.717, 1.165) is 0 Å². The molecule has 4 aromatic rings. The lowest BCUT2D eigenvalue weighted by Gasteiger charge is -2.13. The van der Waals surface area contributed by atoms with Gasteiger partial charge in [-0.3, -0.25) is 14.6 Å². The zero-order valence-electron chi connectivity index (χ0n) is 19.3. The second-order valence-corrected chi connectivity index (χ2v) is 8.24. The average Bonchev–Trinajstić information content (AvgIpc) is 2.82. The highest BCUT2D eigenvalue weighted by molar-refractivity contribution is 5.89. The number of halogens is 2. The van der Waals surface area contributed by atoms with E-state index >= 15 is 0 Å². The molecule has 0 unspecified atom stereocenters.